The monoisotopic (exact) mass is 301 g/mol. The van der Waals surface area contributed by atoms with Crippen molar-refractivity contribution in [2.75, 3.05) is 18.5 Å². The molecule has 2 rings (SSSR count). The quantitative estimate of drug-likeness (QED) is 0.753. The molecule has 0 amide bonds. The van der Waals surface area contributed by atoms with Gasteiger partial charge >= 0.3 is 5.97 Å². The summed E-state index contributed by atoms with van der Waals surface area (Å²) >= 11 is 0. The molecule has 0 aliphatic heterocycles. The molecule has 0 aliphatic carbocycles. The van der Waals surface area contributed by atoms with Gasteiger partial charge in [0, 0.05) is 12.7 Å². The zero-order chi connectivity index (χ0) is 15.6. The van der Waals surface area contributed by atoms with Gasteiger partial charge in [-0.1, -0.05) is 30.3 Å². The van der Waals surface area contributed by atoms with E-state index in [-0.39, 0.29) is 19.1 Å². The number of carbonyl (C=O) groups is 1. The first kappa shape index (κ1) is 15.9. The third-order valence-corrected chi connectivity index (χ3v) is 2.83. The molecular formula is C16H19N3O3. The molecule has 6 nitrogen and oxygen atoms in total. The average Bonchev–Trinajstić information content (AvgIpc) is 2.57. The van der Waals surface area contributed by atoms with E-state index in [4.69, 9.17) is 9.47 Å². The minimum Gasteiger partial charge on any atom is -0.460 e. The van der Waals surface area contributed by atoms with Gasteiger partial charge in [0.1, 0.15) is 25.3 Å². The van der Waals surface area contributed by atoms with Crippen LogP contribution < -0.4 is 5.32 Å². The summed E-state index contributed by atoms with van der Waals surface area (Å²) in [6.07, 6.45) is 1.44. The Morgan fingerprint density at radius 3 is 2.77 bits per heavy atom. The van der Waals surface area contributed by atoms with Crippen LogP contribution >= 0.6 is 0 Å². The lowest BCUT2D eigenvalue weighted by Crippen LogP contribution is -2.17. The normalized spacial score (nSPS) is 10.2. The largest absolute Gasteiger partial charge is 0.460 e. The molecular weight excluding hydrogens is 282 g/mol. The molecule has 1 N–H and O–H groups in total. The van der Waals surface area contributed by atoms with Crippen molar-refractivity contribution in [2.45, 2.75) is 20.1 Å². The highest BCUT2D eigenvalue weighted by Gasteiger charge is 2.05. The summed E-state index contributed by atoms with van der Waals surface area (Å²) in [5.74, 6) is 0.232. The highest BCUT2D eigenvalue weighted by atomic mass is 16.5. The second kappa shape index (κ2) is 8.74. The van der Waals surface area contributed by atoms with Gasteiger partial charge in [0.2, 0.25) is 0 Å². The molecule has 0 radical (unpaired) electrons. The molecule has 0 aliphatic rings. The molecule has 1 heterocycles. The molecule has 0 unspecified atom stereocenters. The van der Waals surface area contributed by atoms with Crippen LogP contribution in [0.5, 0.6) is 0 Å². The van der Waals surface area contributed by atoms with Gasteiger partial charge in [-0.25, -0.2) is 9.97 Å². The molecule has 116 valence electrons. The fraction of sp³-hybridized carbons (Fsp3) is 0.312. The predicted molar refractivity (Wildman–Crippen MR) is 82.1 cm³/mol. The molecule has 0 atom stereocenters. The average molecular weight is 301 g/mol. The van der Waals surface area contributed by atoms with E-state index in [1.54, 1.807) is 6.07 Å². The molecule has 1 aromatic heterocycles. The van der Waals surface area contributed by atoms with Crippen LogP contribution in [0.25, 0.3) is 0 Å². The van der Waals surface area contributed by atoms with Gasteiger partial charge in [-0.2, -0.15) is 0 Å². The van der Waals surface area contributed by atoms with Crippen molar-refractivity contribution in [3.05, 3.63) is 54.0 Å². The van der Waals surface area contributed by atoms with E-state index in [2.05, 4.69) is 15.3 Å². The van der Waals surface area contributed by atoms with Crippen molar-refractivity contribution in [2.24, 2.45) is 0 Å². The number of anilines is 1. The van der Waals surface area contributed by atoms with Gasteiger partial charge in [0.15, 0.2) is 0 Å². The van der Waals surface area contributed by atoms with E-state index in [0.29, 0.717) is 19.0 Å². The minimum absolute atomic E-state index is 0.0535. The summed E-state index contributed by atoms with van der Waals surface area (Å²) in [5, 5.41) is 2.92. The van der Waals surface area contributed by atoms with Crippen LogP contribution in [0.4, 0.5) is 5.82 Å². The van der Waals surface area contributed by atoms with Crippen LogP contribution in [0.1, 0.15) is 18.2 Å². The Kier molecular flexibility index (Phi) is 6.32. The van der Waals surface area contributed by atoms with Gasteiger partial charge in [0.05, 0.1) is 12.3 Å². The van der Waals surface area contributed by atoms with Crippen molar-refractivity contribution in [1.82, 2.24) is 9.97 Å². The Balaban J connectivity index is 1.76. The number of rotatable bonds is 8. The zero-order valence-corrected chi connectivity index (χ0v) is 12.5. The van der Waals surface area contributed by atoms with Crippen molar-refractivity contribution < 1.29 is 14.3 Å². The zero-order valence-electron chi connectivity index (χ0n) is 12.5. The number of hydrogen-bond acceptors (Lipinski definition) is 6. The number of benzene rings is 1. The lowest BCUT2D eigenvalue weighted by Gasteiger charge is -2.08. The van der Waals surface area contributed by atoms with Crippen molar-refractivity contribution >= 4 is 11.8 Å². The van der Waals surface area contributed by atoms with E-state index in [1.807, 2.05) is 37.3 Å². The summed E-state index contributed by atoms with van der Waals surface area (Å²) in [6.45, 7) is 3.28. The van der Waals surface area contributed by atoms with E-state index in [0.717, 1.165) is 11.3 Å². The van der Waals surface area contributed by atoms with Crippen LogP contribution in [-0.2, 0) is 27.5 Å². The number of ether oxygens (including phenoxy) is 2. The lowest BCUT2D eigenvalue weighted by molar-refractivity contribution is -0.142. The summed E-state index contributed by atoms with van der Waals surface area (Å²) in [5.41, 5.74) is 1.72. The Morgan fingerprint density at radius 1 is 1.18 bits per heavy atom. The second-order valence-electron chi connectivity index (χ2n) is 4.53. The number of carbonyl (C=O) groups excluding carboxylic acids is 1. The van der Waals surface area contributed by atoms with Crippen LogP contribution in [0.2, 0.25) is 0 Å². The Hall–Kier alpha value is -2.47. The predicted octanol–water partition coefficient (Wildman–Crippen LogP) is 2.17. The Labute approximate surface area is 129 Å². The molecule has 0 spiro atoms. The first-order chi connectivity index (χ1) is 10.8. The molecule has 0 bridgehead atoms. The number of esters is 1. The fourth-order valence-electron chi connectivity index (χ4n) is 1.73. The second-order valence-corrected chi connectivity index (χ2v) is 4.53. The minimum atomic E-state index is -0.339. The first-order valence-electron chi connectivity index (χ1n) is 7.10. The SMILES string of the molecule is CCOCc1cc(NCC(=O)OCc2ccccc2)ncn1. The van der Waals surface area contributed by atoms with Gasteiger partial charge in [-0.3, -0.25) is 4.79 Å². The van der Waals surface area contributed by atoms with E-state index in [9.17, 15) is 4.79 Å². The summed E-state index contributed by atoms with van der Waals surface area (Å²) in [4.78, 5) is 19.8. The summed E-state index contributed by atoms with van der Waals surface area (Å²) in [6, 6.07) is 11.3. The first-order valence-corrected chi connectivity index (χ1v) is 7.10. The van der Waals surface area contributed by atoms with Gasteiger partial charge in [-0.15, -0.1) is 0 Å². The fourth-order valence-corrected chi connectivity index (χ4v) is 1.73. The molecule has 0 saturated heterocycles. The molecule has 6 heteroatoms. The van der Waals surface area contributed by atoms with Crippen LogP contribution in [0.15, 0.2) is 42.7 Å². The molecule has 2 aromatic rings. The summed E-state index contributed by atoms with van der Waals surface area (Å²) in [7, 11) is 0. The van der Waals surface area contributed by atoms with Crippen molar-refractivity contribution in [3.63, 3.8) is 0 Å². The van der Waals surface area contributed by atoms with Gasteiger partial charge < -0.3 is 14.8 Å². The van der Waals surface area contributed by atoms with Crippen LogP contribution in [0.3, 0.4) is 0 Å². The van der Waals surface area contributed by atoms with Crippen LogP contribution in [0, 0.1) is 0 Å². The van der Waals surface area contributed by atoms with Crippen molar-refractivity contribution in [3.8, 4) is 0 Å². The maximum Gasteiger partial charge on any atom is 0.325 e. The highest BCUT2D eigenvalue weighted by molar-refractivity contribution is 5.74. The number of nitrogens with zero attached hydrogens (tertiary/aromatic N) is 2. The number of aromatic nitrogens is 2. The molecule has 1 aromatic carbocycles. The molecule has 0 fully saturated rings. The van der Waals surface area contributed by atoms with Crippen molar-refractivity contribution in [1.29, 1.82) is 0 Å². The van der Waals surface area contributed by atoms with E-state index in [1.165, 1.54) is 6.33 Å². The Morgan fingerprint density at radius 2 is 2.00 bits per heavy atom. The number of hydrogen-bond donors (Lipinski definition) is 1. The summed E-state index contributed by atoms with van der Waals surface area (Å²) < 4.78 is 10.5. The lowest BCUT2D eigenvalue weighted by atomic mass is 10.2. The molecule has 0 saturated carbocycles. The van der Waals surface area contributed by atoms with E-state index < -0.39 is 0 Å². The van der Waals surface area contributed by atoms with E-state index >= 15 is 0 Å². The maximum absolute atomic E-state index is 11.7. The smallest absolute Gasteiger partial charge is 0.325 e. The highest BCUT2D eigenvalue weighted by Crippen LogP contribution is 2.05. The van der Waals surface area contributed by atoms with Gasteiger partial charge in [-0.05, 0) is 12.5 Å². The van der Waals surface area contributed by atoms with Crippen LogP contribution in [-0.4, -0.2) is 29.1 Å². The standard InChI is InChI=1S/C16H19N3O3/c1-2-21-11-14-8-15(19-12-18-14)17-9-16(20)22-10-13-6-4-3-5-7-13/h3-8,12H,2,9-11H2,1H3,(H,17,18,19). The Bertz CT molecular complexity index is 590. The topological polar surface area (TPSA) is 73.3 Å². The van der Waals surface area contributed by atoms with Gasteiger partial charge in [0.25, 0.3) is 0 Å². The maximum atomic E-state index is 11.7. The number of nitrogens with one attached hydrogen (secondary N) is 1. The third-order valence-electron chi connectivity index (χ3n) is 2.83. The molecule has 22 heavy (non-hydrogen) atoms. The third kappa shape index (κ3) is 5.49.